The number of methoxy groups -OCH3 is 1. The van der Waals surface area contributed by atoms with Crippen molar-refractivity contribution in [3.8, 4) is 0 Å². The molecule has 1 aromatic rings. The summed E-state index contributed by atoms with van der Waals surface area (Å²) in [5.41, 5.74) is 1.46. The molecule has 1 aliphatic rings. The number of hydrogen-bond acceptors (Lipinski definition) is 3. The van der Waals surface area contributed by atoms with Gasteiger partial charge in [-0.2, -0.15) is 0 Å². The highest BCUT2D eigenvalue weighted by Gasteiger charge is 2.45. The molecular formula is C18H28BrIN4O2. The molecule has 0 unspecified atom stereocenters. The van der Waals surface area contributed by atoms with Crippen molar-refractivity contribution in [3.63, 3.8) is 0 Å². The lowest BCUT2D eigenvalue weighted by atomic mass is 9.96. The Morgan fingerprint density at radius 2 is 2.00 bits per heavy atom. The van der Waals surface area contributed by atoms with Crippen LogP contribution in [0.3, 0.4) is 0 Å². The predicted octanol–water partition coefficient (Wildman–Crippen LogP) is 2.37. The van der Waals surface area contributed by atoms with Crippen LogP contribution >= 0.6 is 39.9 Å². The van der Waals surface area contributed by atoms with Crippen LogP contribution in [0.15, 0.2) is 33.7 Å². The fourth-order valence-electron chi connectivity index (χ4n) is 2.57. The smallest absolute Gasteiger partial charge is 0.243 e. The third-order valence-electron chi connectivity index (χ3n) is 4.36. The minimum atomic E-state index is -0.0280. The zero-order chi connectivity index (χ0) is 18.3. The molecule has 1 fully saturated rings. The van der Waals surface area contributed by atoms with E-state index in [0.717, 1.165) is 23.9 Å². The van der Waals surface area contributed by atoms with Gasteiger partial charge in [-0.05, 0) is 24.5 Å². The number of ether oxygens (including phenoxy) is 1. The number of carbonyl (C=O) groups excluding carboxylic acids is 1. The molecule has 0 spiro atoms. The molecule has 0 aliphatic heterocycles. The van der Waals surface area contributed by atoms with Gasteiger partial charge in [0.2, 0.25) is 5.91 Å². The first-order valence-corrected chi connectivity index (χ1v) is 9.24. The van der Waals surface area contributed by atoms with Crippen molar-refractivity contribution in [2.45, 2.75) is 18.3 Å². The van der Waals surface area contributed by atoms with E-state index in [1.54, 1.807) is 26.1 Å². The number of likely N-dealkylation sites (N-methyl/N-ethyl adjacent to an activating group) is 1. The van der Waals surface area contributed by atoms with Gasteiger partial charge < -0.3 is 20.3 Å². The summed E-state index contributed by atoms with van der Waals surface area (Å²) in [5.74, 6) is 0.616. The molecule has 26 heavy (non-hydrogen) atoms. The first-order valence-electron chi connectivity index (χ1n) is 8.45. The van der Waals surface area contributed by atoms with E-state index in [-0.39, 0.29) is 41.8 Å². The van der Waals surface area contributed by atoms with Gasteiger partial charge in [-0.1, -0.05) is 34.1 Å². The number of guanidine groups is 1. The summed E-state index contributed by atoms with van der Waals surface area (Å²) in [4.78, 5) is 17.7. The highest BCUT2D eigenvalue weighted by atomic mass is 127. The predicted molar refractivity (Wildman–Crippen MR) is 119 cm³/mol. The molecule has 1 amide bonds. The first kappa shape index (κ1) is 23.2. The van der Waals surface area contributed by atoms with Gasteiger partial charge >= 0.3 is 0 Å². The van der Waals surface area contributed by atoms with E-state index in [1.807, 2.05) is 6.07 Å². The summed E-state index contributed by atoms with van der Waals surface area (Å²) in [6.45, 7) is 2.13. The molecule has 0 radical (unpaired) electrons. The fraction of sp³-hybridized carbons (Fsp3) is 0.556. The molecule has 0 atom stereocenters. The SMILES string of the molecule is COCCNC(=NCC(=O)N(C)C)NCC1(c2ccccc2Br)CC1.I. The van der Waals surface area contributed by atoms with Crippen LogP contribution in [0.1, 0.15) is 18.4 Å². The molecule has 6 nitrogen and oxygen atoms in total. The van der Waals surface area contributed by atoms with Crippen LogP contribution in [0, 0.1) is 0 Å². The summed E-state index contributed by atoms with van der Waals surface area (Å²) < 4.78 is 6.21. The van der Waals surface area contributed by atoms with Gasteiger partial charge in [0, 0.05) is 44.2 Å². The minimum absolute atomic E-state index is 0. The Kier molecular flexibility index (Phi) is 9.88. The van der Waals surface area contributed by atoms with Gasteiger partial charge in [0.15, 0.2) is 5.96 Å². The third-order valence-corrected chi connectivity index (χ3v) is 5.05. The van der Waals surface area contributed by atoms with E-state index in [0.29, 0.717) is 19.1 Å². The number of rotatable bonds is 8. The van der Waals surface area contributed by atoms with Crippen molar-refractivity contribution in [2.24, 2.45) is 4.99 Å². The maximum absolute atomic E-state index is 11.8. The van der Waals surface area contributed by atoms with E-state index in [2.05, 4.69) is 49.8 Å². The fourth-order valence-corrected chi connectivity index (χ4v) is 3.28. The summed E-state index contributed by atoms with van der Waals surface area (Å²) in [6, 6.07) is 8.35. The Balaban J connectivity index is 0.00000338. The second kappa shape index (κ2) is 11.1. The van der Waals surface area contributed by atoms with Crippen LogP contribution in [0.25, 0.3) is 0 Å². The maximum Gasteiger partial charge on any atom is 0.243 e. The molecule has 8 heteroatoms. The van der Waals surface area contributed by atoms with Crippen LogP contribution in [0.5, 0.6) is 0 Å². The molecule has 2 rings (SSSR count). The van der Waals surface area contributed by atoms with Gasteiger partial charge in [-0.3, -0.25) is 4.79 Å². The van der Waals surface area contributed by atoms with Crippen molar-refractivity contribution >= 4 is 51.8 Å². The zero-order valence-electron chi connectivity index (χ0n) is 15.5. The molecule has 2 N–H and O–H groups in total. The van der Waals surface area contributed by atoms with Gasteiger partial charge in [-0.15, -0.1) is 24.0 Å². The van der Waals surface area contributed by atoms with Gasteiger partial charge in [0.25, 0.3) is 0 Å². The number of benzene rings is 1. The van der Waals surface area contributed by atoms with Crippen molar-refractivity contribution < 1.29 is 9.53 Å². The average molecular weight is 539 g/mol. The van der Waals surface area contributed by atoms with Gasteiger partial charge in [0.05, 0.1) is 6.61 Å². The molecule has 1 saturated carbocycles. The number of nitrogens with zero attached hydrogens (tertiary/aromatic N) is 2. The minimum Gasteiger partial charge on any atom is -0.383 e. The molecule has 0 aromatic heterocycles. The standard InChI is InChI=1S/C18H27BrN4O2.HI/c1-23(2)16(24)12-21-17(20-10-11-25-3)22-13-18(8-9-18)14-6-4-5-7-15(14)19;/h4-7H,8-13H2,1-3H3,(H2,20,21,22);1H. The molecule has 1 aromatic carbocycles. The monoisotopic (exact) mass is 538 g/mol. The Labute approximate surface area is 181 Å². The second-order valence-electron chi connectivity index (χ2n) is 6.49. The van der Waals surface area contributed by atoms with Crippen molar-refractivity contribution in [1.82, 2.24) is 15.5 Å². The highest BCUT2D eigenvalue weighted by molar-refractivity contribution is 14.0. The number of aliphatic imine (C=N–C) groups is 1. The number of nitrogens with one attached hydrogen (secondary N) is 2. The average Bonchev–Trinajstić information content (AvgIpc) is 3.38. The van der Waals surface area contributed by atoms with Crippen molar-refractivity contribution in [3.05, 3.63) is 34.3 Å². The number of amides is 1. The van der Waals surface area contributed by atoms with E-state index < -0.39 is 0 Å². The van der Waals surface area contributed by atoms with E-state index in [9.17, 15) is 4.79 Å². The molecular weight excluding hydrogens is 511 g/mol. The van der Waals surface area contributed by atoms with Crippen LogP contribution in [-0.4, -0.2) is 64.2 Å². The molecule has 1 aliphatic carbocycles. The number of halogens is 2. The molecule has 0 saturated heterocycles. The molecule has 0 heterocycles. The topological polar surface area (TPSA) is 66.0 Å². The Hall–Kier alpha value is -0.870. The summed E-state index contributed by atoms with van der Waals surface area (Å²) in [5, 5.41) is 6.61. The van der Waals surface area contributed by atoms with Gasteiger partial charge in [0.1, 0.15) is 6.54 Å². The Bertz CT molecular complexity index is 621. The van der Waals surface area contributed by atoms with E-state index >= 15 is 0 Å². The lowest BCUT2D eigenvalue weighted by molar-refractivity contribution is -0.127. The quantitative estimate of drug-likeness (QED) is 0.231. The molecule has 0 bridgehead atoms. The van der Waals surface area contributed by atoms with Crippen LogP contribution in [-0.2, 0) is 14.9 Å². The summed E-state index contributed by atoms with van der Waals surface area (Å²) in [7, 11) is 5.12. The van der Waals surface area contributed by atoms with E-state index in [4.69, 9.17) is 4.74 Å². The third kappa shape index (κ3) is 6.70. The lowest BCUT2D eigenvalue weighted by Gasteiger charge is -2.20. The van der Waals surface area contributed by atoms with Crippen molar-refractivity contribution in [1.29, 1.82) is 0 Å². The summed E-state index contributed by atoms with van der Waals surface area (Å²) in [6.07, 6.45) is 2.29. The normalized spacial score (nSPS) is 15.0. The van der Waals surface area contributed by atoms with Crippen LogP contribution in [0.2, 0.25) is 0 Å². The largest absolute Gasteiger partial charge is 0.383 e. The highest BCUT2D eigenvalue weighted by Crippen LogP contribution is 2.49. The number of hydrogen-bond donors (Lipinski definition) is 2. The lowest BCUT2D eigenvalue weighted by Crippen LogP contribution is -2.43. The maximum atomic E-state index is 11.8. The zero-order valence-corrected chi connectivity index (χ0v) is 19.5. The number of carbonyl (C=O) groups is 1. The Morgan fingerprint density at radius 3 is 2.58 bits per heavy atom. The Morgan fingerprint density at radius 1 is 1.31 bits per heavy atom. The first-order chi connectivity index (χ1) is 12.0. The van der Waals surface area contributed by atoms with Crippen LogP contribution < -0.4 is 10.6 Å². The second-order valence-corrected chi connectivity index (χ2v) is 7.34. The van der Waals surface area contributed by atoms with Crippen LogP contribution in [0.4, 0.5) is 0 Å². The van der Waals surface area contributed by atoms with E-state index in [1.165, 1.54) is 5.56 Å². The molecule has 146 valence electrons. The van der Waals surface area contributed by atoms with Gasteiger partial charge in [-0.25, -0.2) is 4.99 Å². The summed E-state index contributed by atoms with van der Waals surface area (Å²) >= 11 is 3.66. The van der Waals surface area contributed by atoms with Crippen molar-refractivity contribution in [2.75, 3.05) is 47.4 Å².